The number of thioether (sulfide) groups is 1. The van der Waals surface area contributed by atoms with Crippen LogP contribution in [0.1, 0.15) is 48.5 Å². The Morgan fingerprint density at radius 1 is 1.03 bits per heavy atom. The first-order valence-electron chi connectivity index (χ1n) is 12.2. The number of benzene rings is 3. The highest BCUT2D eigenvalue weighted by molar-refractivity contribution is 7.99. The molecule has 0 aliphatic carbocycles. The maximum Gasteiger partial charge on any atom is 0.266 e. The molecule has 4 aromatic rings. The zero-order chi connectivity index (χ0) is 26.4. The van der Waals surface area contributed by atoms with Crippen LogP contribution in [0.4, 0.5) is 5.69 Å². The number of halogens is 1. The van der Waals surface area contributed by atoms with Crippen LogP contribution in [0.15, 0.2) is 76.7 Å². The molecule has 8 heteroatoms. The van der Waals surface area contributed by atoms with Crippen LogP contribution in [-0.4, -0.2) is 27.0 Å². The third-order valence-corrected chi connectivity index (χ3v) is 7.16. The molecule has 1 heterocycles. The third-order valence-electron chi connectivity index (χ3n) is 5.99. The number of Topliss-reactive ketones (excluding diaryl/α,β-unsaturated/α-hetero) is 1. The van der Waals surface area contributed by atoms with Crippen LogP contribution in [0.3, 0.4) is 0 Å². The Kier molecular flexibility index (Phi) is 8.79. The number of carbonyl (C=O) groups is 2. The SMILES string of the molecule is CCCCCC(=O)Nc1ccc(C(=O)CSc2nc3cc(Cl)ccc3c(=O)n2-c2ccccc2C)cc1. The van der Waals surface area contributed by atoms with E-state index in [1.807, 2.05) is 31.2 Å². The number of hydrogen-bond donors (Lipinski definition) is 1. The molecule has 1 aromatic heterocycles. The van der Waals surface area contributed by atoms with Gasteiger partial charge in [0.05, 0.1) is 22.3 Å². The van der Waals surface area contributed by atoms with Crippen LogP contribution in [0, 0.1) is 6.92 Å². The van der Waals surface area contributed by atoms with E-state index in [-0.39, 0.29) is 23.0 Å². The number of aromatic nitrogens is 2. The summed E-state index contributed by atoms with van der Waals surface area (Å²) in [6.07, 6.45) is 3.43. The third kappa shape index (κ3) is 6.48. The van der Waals surface area contributed by atoms with Crippen molar-refractivity contribution in [2.24, 2.45) is 0 Å². The van der Waals surface area contributed by atoms with E-state index >= 15 is 0 Å². The molecule has 0 saturated carbocycles. The number of nitrogens with zero attached hydrogens (tertiary/aromatic N) is 2. The lowest BCUT2D eigenvalue weighted by Crippen LogP contribution is -2.23. The monoisotopic (exact) mass is 533 g/mol. The molecular formula is C29H28ClN3O3S. The van der Waals surface area contributed by atoms with Crippen LogP contribution >= 0.6 is 23.4 Å². The second-order valence-electron chi connectivity index (χ2n) is 8.78. The van der Waals surface area contributed by atoms with Crippen LogP contribution < -0.4 is 10.9 Å². The van der Waals surface area contributed by atoms with Crippen molar-refractivity contribution in [1.82, 2.24) is 9.55 Å². The number of hydrogen-bond acceptors (Lipinski definition) is 5. The van der Waals surface area contributed by atoms with E-state index in [1.165, 1.54) is 11.8 Å². The summed E-state index contributed by atoms with van der Waals surface area (Å²) in [5.74, 6) is -0.0463. The summed E-state index contributed by atoms with van der Waals surface area (Å²) in [4.78, 5) is 43.2. The molecule has 0 fully saturated rings. The van der Waals surface area contributed by atoms with Gasteiger partial charge in [-0.05, 0) is 67.4 Å². The predicted octanol–water partition coefficient (Wildman–Crippen LogP) is 6.84. The van der Waals surface area contributed by atoms with E-state index in [4.69, 9.17) is 16.6 Å². The zero-order valence-electron chi connectivity index (χ0n) is 20.8. The Morgan fingerprint density at radius 3 is 2.51 bits per heavy atom. The highest BCUT2D eigenvalue weighted by Crippen LogP contribution is 2.25. The molecule has 0 radical (unpaired) electrons. The fraction of sp³-hybridized carbons (Fsp3) is 0.241. The molecule has 0 spiro atoms. The second kappa shape index (κ2) is 12.2. The highest BCUT2D eigenvalue weighted by Gasteiger charge is 2.17. The van der Waals surface area contributed by atoms with Gasteiger partial charge in [0.2, 0.25) is 5.91 Å². The lowest BCUT2D eigenvalue weighted by Gasteiger charge is -2.15. The Bertz CT molecular complexity index is 1500. The van der Waals surface area contributed by atoms with Gasteiger partial charge in [-0.2, -0.15) is 0 Å². The minimum absolute atomic E-state index is 0.0280. The Morgan fingerprint density at radius 2 is 1.78 bits per heavy atom. The summed E-state index contributed by atoms with van der Waals surface area (Å²) < 4.78 is 1.56. The molecule has 1 amide bonds. The molecule has 37 heavy (non-hydrogen) atoms. The van der Waals surface area contributed by atoms with E-state index in [2.05, 4.69) is 12.2 Å². The first kappa shape index (κ1) is 26.6. The zero-order valence-corrected chi connectivity index (χ0v) is 22.4. The lowest BCUT2D eigenvalue weighted by molar-refractivity contribution is -0.116. The van der Waals surface area contributed by atoms with Crippen LogP contribution in [0.5, 0.6) is 0 Å². The fourth-order valence-corrected chi connectivity index (χ4v) is 5.04. The molecule has 3 aromatic carbocycles. The van der Waals surface area contributed by atoms with Crippen molar-refractivity contribution in [3.05, 3.63) is 93.2 Å². The Hall–Kier alpha value is -3.42. The summed E-state index contributed by atoms with van der Waals surface area (Å²) >= 11 is 7.36. The van der Waals surface area contributed by atoms with E-state index < -0.39 is 0 Å². The van der Waals surface area contributed by atoms with Crippen molar-refractivity contribution < 1.29 is 9.59 Å². The van der Waals surface area contributed by atoms with Gasteiger partial charge in [0.25, 0.3) is 5.56 Å². The van der Waals surface area contributed by atoms with Gasteiger partial charge in [-0.15, -0.1) is 0 Å². The molecule has 1 N–H and O–H groups in total. The van der Waals surface area contributed by atoms with E-state index in [0.29, 0.717) is 44.4 Å². The first-order chi connectivity index (χ1) is 17.9. The van der Waals surface area contributed by atoms with Gasteiger partial charge in [-0.25, -0.2) is 4.98 Å². The van der Waals surface area contributed by atoms with Gasteiger partial charge in [0.1, 0.15) is 0 Å². The van der Waals surface area contributed by atoms with Gasteiger partial charge in [-0.3, -0.25) is 19.0 Å². The summed E-state index contributed by atoms with van der Waals surface area (Å²) in [6.45, 7) is 4.02. The quantitative estimate of drug-likeness (QED) is 0.104. The fourth-order valence-electron chi connectivity index (χ4n) is 3.97. The average Bonchev–Trinajstić information content (AvgIpc) is 2.88. The molecule has 0 aliphatic rings. The molecule has 0 unspecified atom stereocenters. The normalized spacial score (nSPS) is 11.0. The number of amides is 1. The van der Waals surface area contributed by atoms with Crippen molar-refractivity contribution in [1.29, 1.82) is 0 Å². The number of fused-ring (bicyclic) bond motifs is 1. The van der Waals surface area contributed by atoms with E-state index in [9.17, 15) is 14.4 Å². The van der Waals surface area contributed by atoms with Gasteiger partial charge >= 0.3 is 0 Å². The van der Waals surface area contributed by atoms with Crippen molar-refractivity contribution in [3.8, 4) is 5.69 Å². The predicted molar refractivity (Wildman–Crippen MR) is 151 cm³/mol. The number of para-hydroxylation sites is 1. The maximum absolute atomic E-state index is 13.5. The summed E-state index contributed by atoms with van der Waals surface area (Å²) in [5.41, 5.74) is 3.07. The van der Waals surface area contributed by atoms with E-state index in [1.54, 1.807) is 47.0 Å². The van der Waals surface area contributed by atoms with Crippen LogP contribution in [-0.2, 0) is 4.79 Å². The van der Waals surface area contributed by atoms with Gasteiger partial charge in [0.15, 0.2) is 10.9 Å². The molecular weight excluding hydrogens is 506 g/mol. The second-order valence-corrected chi connectivity index (χ2v) is 10.2. The molecule has 190 valence electrons. The summed E-state index contributed by atoms with van der Waals surface area (Å²) in [7, 11) is 0. The Balaban J connectivity index is 1.55. The van der Waals surface area contributed by atoms with Crippen molar-refractivity contribution in [2.45, 2.75) is 44.7 Å². The summed E-state index contributed by atoms with van der Waals surface area (Å²) in [6, 6.07) is 19.4. The number of anilines is 1. The van der Waals surface area contributed by atoms with Crippen molar-refractivity contribution >= 4 is 51.6 Å². The minimum Gasteiger partial charge on any atom is -0.326 e. The summed E-state index contributed by atoms with van der Waals surface area (Å²) in [5, 5.41) is 4.22. The minimum atomic E-state index is -0.218. The smallest absolute Gasteiger partial charge is 0.266 e. The number of carbonyl (C=O) groups excluding carboxylic acids is 2. The van der Waals surface area contributed by atoms with Crippen molar-refractivity contribution in [2.75, 3.05) is 11.1 Å². The topological polar surface area (TPSA) is 81.1 Å². The molecule has 6 nitrogen and oxygen atoms in total. The molecule has 0 bridgehead atoms. The number of aryl methyl sites for hydroxylation is 1. The number of rotatable bonds is 10. The molecule has 4 rings (SSSR count). The molecule has 0 atom stereocenters. The Labute approximate surface area is 225 Å². The number of nitrogens with one attached hydrogen (secondary N) is 1. The van der Waals surface area contributed by atoms with Gasteiger partial charge in [-0.1, -0.05) is 61.3 Å². The molecule has 0 aliphatic heterocycles. The first-order valence-corrected chi connectivity index (χ1v) is 13.6. The largest absolute Gasteiger partial charge is 0.326 e. The molecule has 0 saturated heterocycles. The standard InChI is InChI=1S/C29H28ClN3O3S/c1-3-4-5-10-27(35)31-22-14-11-20(12-15-22)26(34)18-37-29-32-24-17-21(30)13-16-23(24)28(36)33(29)25-9-7-6-8-19(25)2/h6-9,11-17H,3-5,10,18H2,1-2H3,(H,31,35). The average molecular weight is 534 g/mol. The number of unbranched alkanes of at least 4 members (excludes halogenated alkanes) is 2. The number of ketones is 1. The van der Waals surface area contributed by atoms with Crippen LogP contribution in [0.25, 0.3) is 16.6 Å². The lowest BCUT2D eigenvalue weighted by atomic mass is 10.1. The maximum atomic E-state index is 13.5. The van der Waals surface area contributed by atoms with Gasteiger partial charge in [0, 0.05) is 22.7 Å². The van der Waals surface area contributed by atoms with Crippen molar-refractivity contribution in [3.63, 3.8) is 0 Å². The van der Waals surface area contributed by atoms with Gasteiger partial charge < -0.3 is 5.32 Å². The van der Waals surface area contributed by atoms with E-state index in [0.717, 1.165) is 24.8 Å². The van der Waals surface area contributed by atoms with Crippen LogP contribution in [0.2, 0.25) is 5.02 Å². The highest BCUT2D eigenvalue weighted by atomic mass is 35.5.